The van der Waals surface area contributed by atoms with Crippen LogP contribution in [0.5, 0.6) is 5.75 Å². The van der Waals surface area contributed by atoms with Crippen molar-refractivity contribution in [2.45, 2.75) is 13.0 Å². The van der Waals surface area contributed by atoms with Crippen molar-refractivity contribution in [3.63, 3.8) is 0 Å². The summed E-state index contributed by atoms with van der Waals surface area (Å²) >= 11 is 0. The van der Waals surface area contributed by atoms with Gasteiger partial charge in [0.2, 0.25) is 5.91 Å². The van der Waals surface area contributed by atoms with Crippen LogP contribution in [0.4, 0.5) is 5.82 Å². The molecule has 2 aromatic heterocycles. The lowest BCUT2D eigenvalue weighted by Crippen LogP contribution is -2.56. The molecule has 32 heavy (non-hydrogen) atoms. The number of nitrogens with one attached hydrogen (secondary N) is 1. The van der Waals surface area contributed by atoms with Gasteiger partial charge < -0.3 is 14.5 Å². The Morgan fingerprint density at radius 3 is 3.06 bits per heavy atom. The first-order valence-corrected chi connectivity index (χ1v) is 10.7. The SMILES string of the molecule is C=CC(=O)N1CCN2c3ncnc4cc(-c5c(C)ccc6[nH]ncc56)cc(c34)OC[C@@H]2C1. The van der Waals surface area contributed by atoms with Crippen LogP contribution in [0.2, 0.25) is 0 Å². The van der Waals surface area contributed by atoms with Crippen LogP contribution in [-0.4, -0.2) is 63.3 Å². The first-order chi connectivity index (χ1) is 15.6. The Labute approximate surface area is 184 Å². The summed E-state index contributed by atoms with van der Waals surface area (Å²) in [4.78, 5) is 25.4. The van der Waals surface area contributed by atoms with Gasteiger partial charge in [0.1, 0.15) is 24.5 Å². The number of anilines is 1. The quantitative estimate of drug-likeness (QED) is 0.496. The molecule has 4 heterocycles. The van der Waals surface area contributed by atoms with E-state index in [0.717, 1.165) is 50.1 Å². The van der Waals surface area contributed by atoms with Crippen molar-refractivity contribution in [1.29, 1.82) is 0 Å². The molecule has 1 N–H and O–H groups in total. The van der Waals surface area contributed by atoms with Gasteiger partial charge >= 0.3 is 0 Å². The van der Waals surface area contributed by atoms with Crippen molar-refractivity contribution >= 4 is 33.5 Å². The number of amides is 1. The first-order valence-electron chi connectivity index (χ1n) is 10.7. The Bertz CT molecular complexity index is 1390. The largest absolute Gasteiger partial charge is 0.490 e. The number of aromatic nitrogens is 4. The molecule has 0 saturated carbocycles. The molecule has 2 aliphatic rings. The molecule has 4 aromatic rings. The van der Waals surface area contributed by atoms with Crippen molar-refractivity contribution in [2.24, 2.45) is 0 Å². The topological polar surface area (TPSA) is 87.2 Å². The van der Waals surface area contributed by atoms with Gasteiger partial charge in [-0.2, -0.15) is 5.10 Å². The maximum Gasteiger partial charge on any atom is 0.246 e. The molecule has 8 nitrogen and oxygen atoms in total. The number of piperazine rings is 1. The predicted molar refractivity (Wildman–Crippen MR) is 123 cm³/mol. The molecule has 2 aliphatic heterocycles. The van der Waals surface area contributed by atoms with Gasteiger partial charge in [0.15, 0.2) is 0 Å². The molecule has 2 aromatic carbocycles. The number of hydrogen-bond donors (Lipinski definition) is 1. The third-order valence-corrected chi connectivity index (χ3v) is 6.48. The van der Waals surface area contributed by atoms with E-state index in [-0.39, 0.29) is 11.9 Å². The summed E-state index contributed by atoms with van der Waals surface area (Å²) in [6.07, 6.45) is 4.84. The zero-order valence-electron chi connectivity index (χ0n) is 17.7. The number of carbonyl (C=O) groups excluding carboxylic acids is 1. The fraction of sp³-hybridized carbons (Fsp3) is 0.250. The van der Waals surface area contributed by atoms with Gasteiger partial charge in [-0.05, 0) is 47.9 Å². The minimum atomic E-state index is -0.0507. The fourth-order valence-electron chi connectivity index (χ4n) is 4.92. The van der Waals surface area contributed by atoms with Crippen molar-refractivity contribution in [1.82, 2.24) is 25.1 Å². The zero-order valence-corrected chi connectivity index (χ0v) is 17.7. The van der Waals surface area contributed by atoms with Crippen LogP contribution in [0.1, 0.15) is 5.56 Å². The van der Waals surface area contributed by atoms with E-state index in [9.17, 15) is 4.79 Å². The van der Waals surface area contributed by atoms with Gasteiger partial charge in [-0.25, -0.2) is 9.97 Å². The van der Waals surface area contributed by atoms with Crippen LogP contribution in [0, 0.1) is 6.92 Å². The lowest BCUT2D eigenvalue weighted by Gasteiger charge is -2.40. The Balaban J connectivity index is 1.49. The number of aryl methyl sites for hydroxylation is 1. The predicted octanol–water partition coefficient (Wildman–Crippen LogP) is 3.08. The Morgan fingerprint density at radius 2 is 2.19 bits per heavy atom. The molecule has 6 rings (SSSR count). The Kier molecular flexibility index (Phi) is 4.14. The van der Waals surface area contributed by atoms with Gasteiger partial charge in [0.05, 0.1) is 28.7 Å². The standard InChI is InChI=1S/C24H22N6O2/c1-3-21(31)29-6-7-30-16(11-29)12-32-20-9-15(8-19-23(20)24(30)26-13-25-19)22-14(2)4-5-18-17(22)10-27-28-18/h3-5,8-10,13,16H,1,6-7,11-12H2,2H3,(H,27,28)/t16-/m0/s1. The molecule has 0 radical (unpaired) electrons. The highest BCUT2D eigenvalue weighted by Crippen LogP contribution is 2.41. The third kappa shape index (κ3) is 2.76. The number of ether oxygens (including phenoxy) is 1. The monoisotopic (exact) mass is 426 g/mol. The van der Waals surface area contributed by atoms with Gasteiger partial charge in [0.25, 0.3) is 0 Å². The highest BCUT2D eigenvalue weighted by atomic mass is 16.5. The van der Waals surface area contributed by atoms with Gasteiger partial charge in [-0.1, -0.05) is 12.6 Å². The summed E-state index contributed by atoms with van der Waals surface area (Å²) in [6, 6.07) is 8.33. The van der Waals surface area contributed by atoms with Crippen LogP contribution in [0.15, 0.2) is 49.4 Å². The van der Waals surface area contributed by atoms with E-state index in [1.54, 1.807) is 6.33 Å². The number of rotatable bonds is 2. The zero-order chi connectivity index (χ0) is 21.8. The lowest BCUT2D eigenvalue weighted by atomic mass is 9.95. The first kappa shape index (κ1) is 18.8. The molecule has 0 spiro atoms. The van der Waals surface area contributed by atoms with Crippen LogP contribution < -0.4 is 9.64 Å². The molecule has 0 unspecified atom stereocenters. The minimum Gasteiger partial charge on any atom is -0.490 e. The van der Waals surface area contributed by atoms with E-state index in [1.165, 1.54) is 6.08 Å². The molecule has 0 bridgehead atoms. The smallest absolute Gasteiger partial charge is 0.246 e. The number of hydrogen-bond acceptors (Lipinski definition) is 6. The summed E-state index contributed by atoms with van der Waals surface area (Å²) in [7, 11) is 0. The number of H-pyrrole nitrogens is 1. The van der Waals surface area contributed by atoms with Crippen molar-refractivity contribution in [2.75, 3.05) is 31.1 Å². The van der Waals surface area contributed by atoms with E-state index in [0.29, 0.717) is 26.2 Å². The maximum atomic E-state index is 12.2. The summed E-state index contributed by atoms with van der Waals surface area (Å²) in [5.74, 6) is 1.58. The highest BCUT2D eigenvalue weighted by Gasteiger charge is 2.34. The number of nitrogens with zero attached hydrogens (tertiary/aromatic N) is 5. The van der Waals surface area contributed by atoms with Crippen LogP contribution in [0.25, 0.3) is 32.9 Å². The van der Waals surface area contributed by atoms with Gasteiger partial charge in [0, 0.05) is 25.0 Å². The molecule has 1 amide bonds. The summed E-state index contributed by atoms with van der Waals surface area (Å²) in [5.41, 5.74) is 5.13. The normalized spacial score (nSPS) is 17.7. The van der Waals surface area contributed by atoms with Crippen LogP contribution >= 0.6 is 0 Å². The number of aromatic amines is 1. The van der Waals surface area contributed by atoms with Crippen LogP contribution in [-0.2, 0) is 4.79 Å². The van der Waals surface area contributed by atoms with E-state index in [2.05, 4.69) is 56.8 Å². The maximum absolute atomic E-state index is 12.2. The Morgan fingerprint density at radius 1 is 1.28 bits per heavy atom. The lowest BCUT2D eigenvalue weighted by molar-refractivity contribution is -0.126. The van der Waals surface area contributed by atoms with Crippen molar-refractivity contribution < 1.29 is 9.53 Å². The van der Waals surface area contributed by atoms with Gasteiger partial charge in [-0.3, -0.25) is 9.89 Å². The van der Waals surface area contributed by atoms with E-state index in [1.807, 2.05) is 17.2 Å². The third-order valence-electron chi connectivity index (χ3n) is 6.48. The summed E-state index contributed by atoms with van der Waals surface area (Å²) in [6.45, 7) is 8.07. The molecular formula is C24H22N6O2. The molecular weight excluding hydrogens is 404 g/mol. The molecule has 1 atom stereocenters. The minimum absolute atomic E-state index is 0.0145. The second-order valence-electron chi connectivity index (χ2n) is 8.30. The second-order valence-corrected chi connectivity index (χ2v) is 8.30. The average molecular weight is 426 g/mol. The second kappa shape index (κ2) is 7.05. The van der Waals surface area contributed by atoms with Crippen molar-refractivity contribution in [3.8, 4) is 16.9 Å². The highest BCUT2D eigenvalue weighted by molar-refractivity contribution is 6.02. The van der Waals surface area contributed by atoms with E-state index >= 15 is 0 Å². The van der Waals surface area contributed by atoms with E-state index in [4.69, 9.17) is 4.74 Å². The number of benzene rings is 2. The van der Waals surface area contributed by atoms with E-state index < -0.39 is 0 Å². The molecule has 1 fully saturated rings. The van der Waals surface area contributed by atoms with Gasteiger partial charge in [-0.15, -0.1) is 0 Å². The van der Waals surface area contributed by atoms with Crippen LogP contribution in [0.3, 0.4) is 0 Å². The number of fused-ring (bicyclic) bond motifs is 3. The summed E-state index contributed by atoms with van der Waals surface area (Å²) < 4.78 is 6.34. The average Bonchev–Trinajstić information content (AvgIpc) is 3.23. The molecule has 1 saturated heterocycles. The number of carbonyl (C=O) groups is 1. The molecule has 0 aliphatic carbocycles. The Hall–Kier alpha value is -3.94. The molecule has 160 valence electrons. The fourth-order valence-corrected chi connectivity index (χ4v) is 4.92. The molecule has 8 heteroatoms. The summed E-state index contributed by atoms with van der Waals surface area (Å²) in [5, 5.41) is 9.26. The van der Waals surface area contributed by atoms with Crippen molar-refractivity contribution in [3.05, 3.63) is 55.0 Å².